The van der Waals surface area contributed by atoms with Gasteiger partial charge in [-0.2, -0.15) is 0 Å². The zero-order valence-corrected chi connectivity index (χ0v) is 49.0. The van der Waals surface area contributed by atoms with E-state index in [-0.39, 0.29) is 10.8 Å². The summed E-state index contributed by atoms with van der Waals surface area (Å²) in [6, 6.07) is 81.4. The van der Waals surface area contributed by atoms with E-state index in [2.05, 4.69) is 231 Å². The first-order chi connectivity index (χ1) is 41.6. The van der Waals surface area contributed by atoms with Crippen LogP contribution in [-0.2, 0) is 28.1 Å². The smallest absolute Gasteiger partial charge is 0.132 e. The van der Waals surface area contributed by atoms with E-state index in [1.807, 2.05) is 73.3 Å². The minimum atomic E-state index is -0.610. The van der Waals surface area contributed by atoms with Crippen molar-refractivity contribution in [2.45, 2.75) is 55.8 Å². The number of hydrogen-bond donors (Lipinski definition) is 0. The molecule has 0 bridgehead atoms. The van der Waals surface area contributed by atoms with Crippen molar-refractivity contribution in [2.75, 3.05) is 4.90 Å². The number of aromatic nitrogens is 4. The van der Waals surface area contributed by atoms with E-state index in [1.165, 1.54) is 44.8 Å². The fourth-order valence-electron chi connectivity index (χ4n) is 15.1. The highest BCUT2D eigenvalue weighted by Crippen LogP contribution is 2.64. The van der Waals surface area contributed by atoms with Crippen LogP contribution in [0.2, 0.25) is 0 Å². The molecule has 0 saturated carbocycles. The zero-order valence-electron chi connectivity index (χ0n) is 47.4. The van der Waals surface area contributed by atoms with Crippen molar-refractivity contribution in [1.82, 2.24) is 19.9 Å². The molecule has 8 aromatic carbocycles. The van der Waals surface area contributed by atoms with Gasteiger partial charge in [-0.1, -0.05) is 198 Å². The predicted octanol–water partition coefficient (Wildman–Crippen LogP) is 18.7. The Morgan fingerprint density at radius 1 is 0.341 bits per heavy atom. The van der Waals surface area contributed by atoms with Crippen molar-refractivity contribution in [1.29, 1.82) is 0 Å². The van der Waals surface area contributed by atoms with Crippen LogP contribution in [0.3, 0.4) is 0 Å². The van der Waals surface area contributed by atoms with Gasteiger partial charge < -0.3 is 14.4 Å². The number of anilines is 3. The van der Waals surface area contributed by atoms with Crippen LogP contribution >= 0.6 is 15.9 Å². The monoisotopic (exact) mass is 1160 g/mol. The lowest BCUT2D eigenvalue weighted by atomic mass is 9.66. The van der Waals surface area contributed by atoms with E-state index in [4.69, 9.17) is 29.4 Å². The minimum Gasteiger partial charge on any atom is -0.457 e. The van der Waals surface area contributed by atoms with Gasteiger partial charge in [-0.3, -0.25) is 19.9 Å². The molecule has 0 unspecified atom stereocenters. The molecule has 0 amide bonds. The van der Waals surface area contributed by atoms with Crippen LogP contribution in [0.5, 0.6) is 23.0 Å². The van der Waals surface area contributed by atoms with Crippen LogP contribution in [0, 0.1) is 0 Å². The number of benzene rings is 8. The summed E-state index contributed by atoms with van der Waals surface area (Å²) >= 11 is 3.63. The number of rotatable bonds is 1. The first kappa shape index (κ1) is 50.9. The lowest BCUT2D eigenvalue weighted by Crippen LogP contribution is -2.33. The van der Waals surface area contributed by atoms with Gasteiger partial charge in [0, 0.05) is 67.3 Å². The maximum absolute atomic E-state index is 6.51. The summed E-state index contributed by atoms with van der Waals surface area (Å²) in [7, 11) is 0. The Morgan fingerprint density at radius 2 is 0.682 bits per heavy atom. The van der Waals surface area contributed by atoms with Crippen molar-refractivity contribution in [3.63, 3.8) is 0 Å². The highest BCUT2D eigenvalue weighted by atomic mass is 79.9. The summed E-state index contributed by atoms with van der Waals surface area (Å²) in [5.41, 5.74) is 23.5. The highest BCUT2D eigenvalue weighted by Gasteiger charge is 2.54. The van der Waals surface area contributed by atoms with Crippen LogP contribution in [0.4, 0.5) is 17.1 Å². The average Bonchev–Trinajstić information content (AvgIpc) is 1.59. The molecule has 6 aliphatic rings. The van der Waals surface area contributed by atoms with E-state index < -0.39 is 10.8 Å². The molecule has 408 valence electrons. The number of ether oxygens (including phenoxy) is 2. The third-order valence-electron chi connectivity index (χ3n) is 18.7. The molecular weight excluding hydrogens is 1110 g/mol. The van der Waals surface area contributed by atoms with Gasteiger partial charge in [0.15, 0.2) is 0 Å². The molecule has 85 heavy (non-hydrogen) atoms. The molecule has 0 radical (unpaired) electrons. The Hall–Kier alpha value is -9.76. The van der Waals surface area contributed by atoms with Crippen LogP contribution in [0.1, 0.15) is 106 Å². The first-order valence-electron chi connectivity index (χ1n) is 29.1. The number of hydrogen-bond acceptors (Lipinski definition) is 7. The first-order valence-corrected chi connectivity index (χ1v) is 29.9. The third kappa shape index (κ3) is 7.31. The summed E-state index contributed by atoms with van der Waals surface area (Å²) in [5.74, 6) is 3.47. The molecule has 0 atom stereocenters. The Morgan fingerprint density at radius 3 is 1.14 bits per heavy atom. The summed E-state index contributed by atoms with van der Waals surface area (Å²) in [6.07, 6.45) is 8.64. The lowest BCUT2D eigenvalue weighted by molar-refractivity contribution is 0.436. The zero-order chi connectivity index (χ0) is 57.2. The van der Waals surface area contributed by atoms with Crippen LogP contribution < -0.4 is 14.4 Å². The van der Waals surface area contributed by atoms with E-state index in [9.17, 15) is 0 Å². The fourth-order valence-corrected chi connectivity index (χ4v) is 15.4. The number of fused-ring (bicyclic) bond motifs is 22. The van der Waals surface area contributed by atoms with E-state index in [1.54, 1.807) is 0 Å². The number of nitrogens with zero attached hydrogens (tertiary/aromatic N) is 5. The van der Waals surface area contributed by atoms with Gasteiger partial charge in [-0.15, -0.1) is 0 Å². The van der Waals surface area contributed by atoms with Crippen LogP contribution in [0.15, 0.2) is 260 Å². The van der Waals surface area contributed by atoms with Crippen molar-refractivity contribution in [3.05, 3.63) is 338 Å². The molecule has 0 N–H and O–H groups in total. The van der Waals surface area contributed by atoms with Crippen molar-refractivity contribution in [3.8, 4) is 45.8 Å². The fraction of sp³-hybridized carbons (Fsp3) is 0.117. The third-order valence-corrected chi connectivity index (χ3v) is 19.1. The Kier molecular flexibility index (Phi) is 11.5. The number of pyridine rings is 4. The number of halogens is 1. The van der Waals surface area contributed by atoms with Gasteiger partial charge in [0.1, 0.15) is 23.0 Å². The second-order valence-electron chi connectivity index (χ2n) is 23.7. The Labute approximate surface area is 503 Å². The van der Waals surface area contributed by atoms with Crippen LogP contribution in [-0.4, -0.2) is 19.9 Å². The van der Waals surface area contributed by atoms with E-state index >= 15 is 0 Å². The largest absolute Gasteiger partial charge is 0.457 e. The van der Waals surface area contributed by atoms with Crippen molar-refractivity contribution in [2.24, 2.45) is 0 Å². The Balaban J connectivity index is 0.000000116. The SMILES string of the molecule is Brc1cnc2c(c1)C1(c3ccccc3Oc3ccccc31)c1cccnc1-2.CC1(C)c2ccccc2Cc2ccccc21.CC1(C)c2ccccc2N(c2cnc3c(c2)C2(c4ccccc4Oc4ccccc42)c2cccnc2-3)c2ccccc21. The maximum Gasteiger partial charge on any atom is 0.132 e. The lowest BCUT2D eigenvalue weighted by Gasteiger charge is -2.42. The quantitative estimate of drug-likeness (QED) is 0.162. The highest BCUT2D eigenvalue weighted by molar-refractivity contribution is 9.10. The summed E-state index contributed by atoms with van der Waals surface area (Å²) in [6.45, 7) is 9.28. The average molecular weight is 1160 g/mol. The van der Waals surface area contributed by atoms with Crippen LogP contribution in [0.25, 0.3) is 22.8 Å². The summed E-state index contributed by atoms with van der Waals surface area (Å²) < 4.78 is 13.7. The predicted molar refractivity (Wildman–Crippen MR) is 341 cm³/mol. The maximum atomic E-state index is 6.51. The second kappa shape index (κ2) is 19.1. The van der Waals surface area contributed by atoms with Gasteiger partial charge in [0.2, 0.25) is 0 Å². The van der Waals surface area contributed by atoms with Gasteiger partial charge in [-0.05, 0) is 128 Å². The van der Waals surface area contributed by atoms with Gasteiger partial charge in [0.05, 0.1) is 56.9 Å². The molecular formula is C77H56BrN5O2. The van der Waals surface area contributed by atoms with Crippen molar-refractivity contribution >= 4 is 33.0 Å². The van der Waals surface area contributed by atoms with Crippen molar-refractivity contribution < 1.29 is 9.47 Å². The van der Waals surface area contributed by atoms with Gasteiger partial charge in [0.25, 0.3) is 0 Å². The molecule has 0 saturated heterocycles. The molecule has 0 fully saturated rings. The molecule has 7 heterocycles. The number of para-hydroxylation sites is 6. The molecule has 3 aliphatic carbocycles. The summed E-state index contributed by atoms with van der Waals surface area (Å²) in [5, 5.41) is 0. The van der Waals surface area contributed by atoms with E-state index in [0.717, 1.165) is 107 Å². The minimum absolute atomic E-state index is 0.131. The normalized spacial score (nSPS) is 15.6. The van der Waals surface area contributed by atoms with E-state index in [0.29, 0.717) is 0 Å². The summed E-state index contributed by atoms with van der Waals surface area (Å²) in [4.78, 5) is 22.0. The molecule has 3 aliphatic heterocycles. The molecule has 4 aromatic heterocycles. The molecule has 8 heteroatoms. The molecule has 2 spiro atoms. The van der Waals surface area contributed by atoms with Gasteiger partial charge in [-0.25, -0.2) is 0 Å². The Bertz CT molecular complexity index is 4530. The molecule has 7 nitrogen and oxygen atoms in total. The standard InChI is InChI=1S/C38H27N3O.C23H13BrN2O.C16H16/c1-37(2)25-12-3-7-17-31(25)41(32-18-8-4-13-26(32)37)24-22-30-36(40-23-24)35-29(16-11-21-39-35)38(30)27-14-5-9-19-33(27)42-34-20-10-6-15-28(34)38;24-14-12-18-22(26-13-14)21-17(8-5-11-25-21)23(18)15-6-1-3-9-19(15)27-20-10-4-2-7-16(20)23;1-16(2)14-9-5-3-7-12(14)11-13-8-4-6-10-15(13)16/h3-23H,1-2H3;1-13H;3-10H,11H2,1-2H3. The topological polar surface area (TPSA) is 73.3 Å². The van der Waals surface area contributed by atoms with Gasteiger partial charge >= 0.3 is 0 Å². The second-order valence-corrected chi connectivity index (χ2v) is 24.7. The molecule has 12 aromatic rings. The molecule has 18 rings (SSSR count).